The number of carbonyl (C=O) groups excluding carboxylic acids is 2. The van der Waals surface area contributed by atoms with E-state index in [-0.39, 0.29) is 18.2 Å². The summed E-state index contributed by atoms with van der Waals surface area (Å²) < 4.78 is 10.6. The standard InChI is InChI=1S/C20H25N3O4S/c1-26-15-5-6-18(27-2)14(10-15)12-22-19(24)11-17-20(25)21-7-8-23(17)13-16-4-3-9-28-16/h3-6,9-10,17H,7-8,11-13H2,1-2H3,(H,21,25)(H,22,24)/t17-/m1/s1. The molecule has 0 radical (unpaired) electrons. The number of hydrogen-bond acceptors (Lipinski definition) is 6. The lowest BCUT2D eigenvalue weighted by atomic mass is 10.1. The van der Waals surface area contributed by atoms with E-state index in [1.165, 1.54) is 4.88 Å². The quantitative estimate of drug-likeness (QED) is 0.702. The smallest absolute Gasteiger partial charge is 0.237 e. The second-order valence-electron chi connectivity index (χ2n) is 6.52. The molecule has 0 aliphatic carbocycles. The predicted molar refractivity (Wildman–Crippen MR) is 108 cm³/mol. The van der Waals surface area contributed by atoms with E-state index in [1.54, 1.807) is 37.7 Å². The molecule has 0 unspecified atom stereocenters. The minimum Gasteiger partial charge on any atom is -0.497 e. The van der Waals surface area contributed by atoms with Crippen LogP contribution in [0.5, 0.6) is 11.5 Å². The molecule has 28 heavy (non-hydrogen) atoms. The van der Waals surface area contributed by atoms with E-state index in [9.17, 15) is 9.59 Å². The van der Waals surface area contributed by atoms with E-state index >= 15 is 0 Å². The van der Waals surface area contributed by atoms with E-state index in [0.29, 0.717) is 31.1 Å². The lowest BCUT2D eigenvalue weighted by molar-refractivity contribution is -0.134. The van der Waals surface area contributed by atoms with Crippen LogP contribution < -0.4 is 20.1 Å². The van der Waals surface area contributed by atoms with Crippen molar-refractivity contribution in [3.8, 4) is 11.5 Å². The summed E-state index contributed by atoms with van der Waals surface area (Å²) in [6.07, 6.45) is 0.115. The molecule has 1 saturated heterocycles. The van der Waals surface area contributed by atoms with E-state index in [4.69, 9.17) is 9.47 Å². The fourth-order valence-corrected chi connectivity index (χ4v) is 3.97. The zero-order valence-corrected chi connectivity index (χ0v) is 16.9. The first-order valence-corrected chi connectivity index (χ1v) is 10.0. The van der Waals surface area contributed by atoms with Crippen molar-refractivity contribution < 1.29 is 19.1 Å². The van der Waals surface area contributed by atoms with Crippen LogP contribution in [0.15, 0.2) is 35.7 Å². The van der Waals surface area contributed by atoms with Crippen molar-refractivity contribution in [2.45, 2.75) is 25.6 Å². The Morgan fingerprint density at radius 2 is 2.18 bits per heavy atom. The first-order valence-electron chi connectivity index (χ1n) is 9.12. The number of hydrogen-bond donors (Lipinski definition) is 2. The Morgan fingerprint density at radius 1 is 1.32 bits per heavy atom. The number of ether oxygens (including phenoxy) is 2. The van der Waals surface area contributed by atoms with E-state index < -0.39 is 6.04 Å². The number of piperazine rings is 1. The monoisotopic (exact) mass is 403 g/mol. The Morgan fingerprint density at radius 3 is 2.89 bits per heavy atom. The Bertz CT molecular complexity index is 810. The van der Waals surface area contributed by atoms with Crippen LogP contribution >= 0.6 is 11.3 Å². The average molecular weight is 404 g/mol. The van der Waals surface area contributed by atoms with E-state index in [0.717, 1.165) is 12.1 Å². The van der Waals surface area contributed by atoms with Crippen LogP contribution in [-0.2, 0) is 22.7 Å². The lowest BCUT2D eigenvalue weighted by Crippen LogP contribution is -2.56. The molecule has 1 fully saturated rings. The van der Waals surface area contributed by atoms with E-state index in [1.807, 2.05) is 23.6 Å². The van der Waals surface area contributed by atoms with Gasteiger partial charge < -0.3 is 20.1 Å². The SMILES string of the molecule is COc1ccc(OC)c(CNC(=O)C[C@@H]2C(=O)NCCN2Cc2cccs2)c1. The highest BCUT2D eigenvalue weighted by molar-refractivity contribution is 7.09. The molecule has 1 aliphatic heterocycles. The van der Waals surface area contributed by atoms with Gasteiger partial charge in [-0.25, -0.2) is 0 Å². The molecule has 2 N–H and O–H groups in total. The highest BCUT2D eigenvalue weighted by atomic mass is 32.1. The summed E-state index contributed by atoms with van der Waals surface area (Å²) in [5.41, 5.74) is 0.818. The maximum atomic E-state index is 12.5. The maximum absolute atomic E-state index is 12.5. The van der Waals surface area contributed by atoms with Crippen molar-refractivity contribution in [3.63, 3.8) is 0 Å². The van der Waals surface area contributed by atoms with Crippen LogP contribution in [0.2, 0.25) is 0 Å². The van der Waals surface area contributed by atoms with Gasteiger partial charge in [-0.3, -0.25) is 14.5 Å². The Labute approximate surface area is 168 Å². The Kier molecular flexibility index (Phi) is 6.89. The zero-order valence-electron chi connectivity index (χ0n) is 16.1. The van der Waals surface area contributed by atoms with Crippen LogP contribution in [0.1, 0.15) is 16.9 Å². The molecule has 0 spiro atoms. The fourth-order valence-electron chi connectivity index (χ4n) is 3.24. The molecule has 2 amide bonds. The minimum atomic E-state index is -0.469. The van der Waals surface area contributed by atoms with Crippen molar-refractivity contribution >= 4 is 23.2 Å². The summed E-state index contributed by atoms with van der Waals surface area (Å²) in [7, 11) is 3.18. The molecule has 1 atom stereocenters. The summed E-state index contributed by atoms with van der Waals surface area (Å²) in [6, 6.07) is 9.01. The molecule has 2 heterocycles. The number of carbonyl (C=O) groups is 2. The van der Waals surface area contributed by atoms with Gasteiger partial charge in [0.1, 0.15) is 11.5 Å². The number of thiophene rings is 1. The van der Waals surface area contributed by atoms with Gasteiger partial charge >= 0.3 is 0 Å². The van der Waals surface area contributed by atoms with Crippen molar-refractivity contribution in [1.29, 1.82) is 0 Å². The second-order valence-corrected chi connectivity index (χ2v) is 7.55. The van der Waals surface area contributed by atoms with Gasteiger partial charge in [0, 0.05) is 36.6 Å². The molecule has 3 rings (SSSR count). The molecular weight excluding hydrogens is 378 g/mol. The number of amides is 2. The van der Waals surface area contributed by atoms with Gasteiger partial charge in [0.15, 0.2) is 0 Å². The molecule has 1 aliphatic rings. The fraction of sp³-hybridized carbons (Fsp3) is 0.400. The van der Waals surface area contributed by atoms with Crippen molar-refractivity contribution in [2.24, 2.45) is 0 Å². The highest BCUT2D eigenvalue weighted by Gasteiger charge is 2.31. The van der Waals surface area contributed by atoms with Crippen LogP contribution in [0.4, 0.5) is 0 Å². The van der Waals surface area contributed by atoms with Crippen molar-refractivity contribution in [3.05, 3.63) is 46.2 Å². The third kappa shape index (κ3) is 5.02. The summed E-state index contributed by atoms with van der Waals surface area (Å²) >= 11 is 1.65. The van der Waals surface area contributed by atoms with Crippen LogP contribution in [0.3, 0.4) is 0 Å². The zero-order chi connectivity index (χ0) is 19.9. The summed E-state index contributed by atoms with van der Waals surface area (Å²) in [5.74, 6) is 1.09. The van der Waals surface area contributed by atoms with Crippen LogP contribution in [0.25, 0.3) is 0 Å². The topological polar surface area (TPSA) is 79.9 Å². The molecular formula is C20H25N3O4S. The lowest BCUT2D eigenvalue weighted by Gasteiger charge is -2.34. The van der Waals surface area contributed by atoms with Crippen LogP contribution in [0, 0.1) is 0 Å². The van der Waals surface area contributed by atoms with Gasteiger partial charge in [-0.2, -0.15) is 0 Å². The van der Waals surface area contributed by atoms with Gasteiger partial charge in [0.2, 0.25) is 11.8 Å². The molecule has 1 aromatic carbocycles. The molecule has 0 saturated carbocycles. The number of nitrogens with zero attached hydrogens (tertiary/aromatic N) is 1. The van der Waals surface area contributed by atoms with Gasteiger partial charge in [0.25, 0.3) is 0 Å². The summed E-state index contributed by atoms with van der Waals surface area (Å²) in [5, 5.41) is 7.77. The number of nitrogens with one attached hydrogen (secondary N) is 2. The average Bonchev–Trinajstić information content (AvgIpc) is 3.22. The van der Waals surface area contributed by atoms with Gasteiger partial charge in [-0.05, 0) is 29.6 Å². The van der Waals surface area contributed by atoms with Crippen molar-refractivity contribution in [2.75, 3.05) is 27.3 Å². The largest absolute Gasteiger partial charge is 0.497 e. The second kappa shape index (κ2) is 9.57. The van der Waals surface area contributed by atoms with Crippen molar-refractivity contribution in [1.82, 2.24) is 15.5 Å². The van der Waals surface area contributed by atoms with Gasteiger partial charge in [-0.1, -0.05) is 6.07 Å². The minimum absolute atomic E-state index is 0.100. The first-order chi connectivity index (χ1) is 13.6. The third-order valence-corrected chi connectivity index (χ3v) is 5.58. The number of benzene rings is 1. The van der Waals surface area contributed by atoms with E-state index in [2.05, 4.69) is 15.5 Å². The van der Waals surface area contributed by atoms with Gasteiger partial charge in [-0.15, -0.1) is 11.3 Å². The maximum Gasteiger partial charge on any atom is 0.237 e. The Hall–Kier alpha value is -2.58. The van der Waals surface area contributed by atoms with Gasteiger partial charge in [0.05, 0.1) is 26.7 Å². The molecule has 7 nitrogen and oxygen atoms in total. The number of methoxy groups -OCH3 is 2. The van der Waals surface area contributed by atoms with Crippen LogP contribution in [-0.4, -0.2) is 50.1 Å². The Balaban J connectivity index is 1.61. The molecule has 1 aromatic heterocycles. The molecule has 2 aromatic rings. The molecule has 150 valence electrons. The summed E-state index contributed by atoms with van der Waals surface area (Å²) in [4.78, 5) is 28.2. The summed E-state index contributed by atoms with van der Waals surface area (Å²) in [6.45, 7) is 2.31. The highest BCUT2D eigenvalue weighted by Crippen LogP contribution is 2.24. The number of rotatable bonds is 8. The molecule has 0 bridgehead atoms. The normalized spacial score (nSPS) is 17.1. The first kappa shape index (κ1) is 20.2. The predicted octanol–water partition coefficient (Wildman–Crippen LogP) is 1.77. The molecule has 8 heteroatoms. The third-order valence-electron chi connectivity index (χ3n) is 4.72.